The van der Waals surface area contributed by atoms with Crippen LogP contribution in [0.1, 0.15) is 16.1 Å². The summed E-state index contributed by atoms with van der Waals surface area (Å²) < 4.78 is 10.2. The minimum absolute atomic E-state index is 0.149. The minimum atomic E-state index is -0.561. The van der Waals surface area contributed by atoms with E-state index in [1.807, 2.05) is 0 Å². The van der Waals surface area contributed by atoms with E-state index in [2.05, 4.69) is 15.4 Å². The van der Waals surface area contributed by atoms with Crippen LogP contribution in [-0.4, -0.2) is 77.6 Å². The molecule has 30 heavy (non-hydrogen) atoms. The highest BCUT2D eigenvalue weighted by molar-refractivity contribution is 5.99. The summed E-state index contributed by atoms with van der Waals surface area (Å²) in [7, 11) is 0. The number of nitro groups is 1. The zero-order valence-electron chi connectivity index (χ0n) is 16.6. The molecule has 11 nitrogen and oxygen atoms in total. The van der Waals surface area contributed by atoms with Crippen LogP contribution in [0.5, 0.6) is 0 Å². The topological polar surface area (TPSA) is 131 Å². The van der Waals surface area contributed by atoms with Crippen LogP contribution in [0.2, 0.25) is 0 Å². The van der Waals surface area contributed by atoms with Crippen LogP contribution in [-0.2, 0) is 9.53 Å². The van der Waals surface area contributed by atoms with Gasteiger partial charge < -0.3 is 19.5 Å². The Kier molecular flexibility index (Phi) is 7.09. The molecule has 1 aliphatic heterocycles. The highest BCUT2D eigenvalue weighted by atomic mass is 16.6. The number of benzene rings is 1. The number of ether oxygens (including phenoxy) is 1. The number of aryl methyl sites for hydroxylation is 1. The summed E-state index contributed by atoms with van der Waals surface area (Å²) in [5, 5.41) is 17.3. The molecule has 2 heterocycles. The Bertz CT molecular complexity index is 908. The summed E-state index contributed by atoms with van der Waals surface area (Å²) in [6, 6.07) is 7.04. The van der Waals surface area contributed by atoms with Crippen LogP contribution in [0.15, 0.2) is 34.9 Å². The Morgan fingerprint density at radius 3 is 2.73 bits per heavy atom. The van der Waals surface area contributed by atoms with Crippen LogP contribution >= 0.6 is 0 Å². The summed E-state index contributed by atoms with van der Waals surface area (Å²) in [5.74, 6) is -0.0990. The van der Waals surface area contributed by atoms with Gasteiger partial charge >= 0.3 is 0 Å². The van der Waals surface area contributed by atoms with Gasteiger partial charge in [-0.3, -0.25) is 24.6 Å². The Labute approximate surface area is 172 Å². The molecule has 1 aliphatic rings. The average Bonchev–Trinajstić information content (AvgIpc) is 3.15. The second kappa shape index (κ2) is 9.94. The van der Waals surface area contributed by atoms with E-state index in [9.17, 15) is 19.7 Å². The van der Waals surface area contributed by atoms with Gasteiger partial charge in [-0.25, -0.2) is 0 Å². The fraction of sp³-hybridized carbons (Fsp3) is 0.421. The van der Waals surface area contributed by atoms with Crippen LogP contribution in [0.3, 0.4) is 0 Å². The molecular formula is C19H23N5O6. The predicted octanol–water partition coefficient (Wildman–Crippen LogP) is 1.30. The first kappa shape index (κ1) is 21.4. The van der Waals surface area contributed by atoms with E-state index in [0.717, 1.165) is 13.1 Å². The number of morpholine rings is 1. The molecule has 0 unspecified atom stereocenters. The second-order valence-electron chi connectivity index (χ2n) is 6.86. The molecule has 2 aromatic rings. The maximum atomic E-state index is 13.0. The van der Waals surface area contributed by atoms with Crippen LogP contribution in [0.4, 0.5) is 11.5 Å². The molecule has 0 radical (unpaired) electrons. The zero-order valence-corrected chi connectivity index (χ0v) is 16.6. The first-order valence-electron chi connectivity index (χ1n) is 9.49. The number of carbonyl (C=O) groups is 2. The highest BCUT2D eigenvalue weighted by Gasteiger charge is 2.22. The number of amides is 2. The Balaban J connectivity index is 1.71. The number of rotatable bonds is 8. The second-order valence-corrected chi connectivity index (χ2v) is 6.86. The van der Waals surface area contributed by atoms with Crippen molar-refractivity contribution in [3.63, 3.8) is 0 Å². The van der Waals surface area contributed by atoms with E-state index in [-0.39, 0.29) is 30.2 Å². The molecule has 3 rings (SSSR count). The van der Waals surface area contributed by atoms with Crippen LogP contribution < -0.4 is 5.32 Å². The minimum Gasteiger partial charge on any atom is -0.379 e. The molecule has 1 saturated heterocycles. The number of hydrogen-bond donors (Lipinski definition) is 1. The van der Waals surface area contributed by atoms with Crippen LogP contribution in [0.25, 0.3) is 0 Å². The number of anilines is 1. The lowest BCUT2D eigenvalue weighted by Crippen LogP contribution is -2.45. The number of nitrogens with zero attached hydrogens (tertiary/aromatic N) is 4. The lowest BCUT2D eigenvalue weighted by Gasteiger charge is -2.29. The van der Waals surface area contributed by atoms with E-state index >= 15 is 0 Å². The van der Waals surface area contributed by atoms with Gasteiger partial charge in [-0.2, -0.15) is 0 Å². The number of carbonyl (C=O) groups excluding carboxylic acids is 2. The summed E-state index contributed by atoms with van der Waals surface area (Å²) in [4.78, 5) is 39.5. The lowest BCUT2D eigenvalue weighted by molar-refractivity contribution is -0.384. The van der Waals surface area contributed by atoms with Gasteiger partial charge in [0.05, 0.1) is 18.1 Å². The summed E-state index contributed by atoms with van der Waals surface area (Å²) in [6.07, 6.45) is 0. The fourth-order valence-electron chi connectivity index (χ4n) is 3.06. The van der Waals surface area contributed by atoms with Crippen molar-refractivity contribution in [1.82, 2.24) is 15.0 Å². The van der Waals surface area contributed by atoms with E-state index in [1.54, 1.807) is 13.0 Å². The van der Waals surface area contributed by atoms with E-state index in [0.29, 0.717) is 25.5 Å². The van der Waals surface area contributed by atoms with E-state index in [1.165, 1.54) is 29.2 Å². The molecular weight excluding hydrogens is 394 g/mol. The predicted molar refractivity (Wildman–Crippen MR) is 106 cm³/mol. The molecule has 0 aliphatic carbocycles. The zero-order chi connectivity index (χ0) is 21.5. The standard InChI is InChI=1S/C19H23N5O6/c1-14-11-17(21-30-14)20-18(25)13-23(6-5-22-7-9-29-10-8-22)19(26)15-3-2-4-16(12-15)24(27)28/h2-4,11-12H,5-10,13H2,1H3,(H,20,21,25). The van der Waals surface area contributed by atoms with E-state index < -0.39 is 16.7 Å². The SMILES string of the molecule is Cc1cc(NC(=O)CN(CCN2CCOCC2)C(=O)c2cccc([N+](=O)[O-])c2)no1. The summed E-state index contributed by atoms with van der Waals surface area (Å²) in [6.45, 7) is 5.02. The molecule has 1 fully saturated rings. The first-order valence-corrected chi connectivity index (χ1v) is 9.49. The van der Waals surface area contributed by atoms with Gasteiger partial charge in [0.2, 0.25) is 5.91 Å². The molecule has 2 amide bonds. The molecule has 1 aromatic carbocycles. The number of aromatic nitrogens is 1. The number of nitrogens with one attached hydrogen (secondary N) is 1. The van der Waals surface area contributed by atoms with Gasteiger partial charge in [0.15, 0.2) is 5.82 Å². The van der Waals surface area contributed by atoms with Gasteiger partial charge in [-0.1, -0.05) is 11.2 Å². The summed E-state index contributed by atoms with van der Waals surface area (Å²) in [5.41, 5.74) is -0.0345. The van der Waals surface area contributed by atoms with Crippen molar-refractivity contribution >= 4 is 23.3 Å². The van der Waals surface area contributed by atoms with Crippen molar-refractivity contribution in [3.8, 4) is 0 Å². The Morgan fingerprint density at radius 2 is 2.07 bits per heavy atom. The van der Waals surface area contributed by atoms with Crippen molar-refractivity contribution < 1.29 is 23.8 Å². The first-order chi connectivity index (χ1) is 14.4. The quantitative estimate of drug-likeness (QED) is 0.502. The monoisotopic (exact) mass is 417 g/mol. The number of non-ortho nitro benzene ring substituents is 1. The molecule has 1 aromatic heterocycles. The van der Waals surface area contributed by atoms with Gasteiger partial charge in [-0.05, 0) is 13.0 Å². The highest BCUT2D eigenvalue weighted by Crippen LogP contribution is 2.15. The van der Waals surface area contributed by atoms with Crippen LogP contribution in [0, 0.1) is 17.0 Å². The molecule has 160 valence electrons. The van der Waals surface area contributed by atoms with Gasteiger partial charge in [0.25, 0.3) is 11.6 Å². The molecule has 0 atom stereocenters. The lowest BCUT2D eigenvalue weighted by atomic mass is 10.1. The fourth-order valence-corrected chi connectivity index (χ4v) is 3.06. The molecule has 0 saturated carbocycles. The van der Waals surface area contributed by atoms with Crippen molar-refractivity contribution in [3.05, 3.63) is 51.8 Å². The van der Waals surface area contributed by atoms with Crippen molar-refractivity contribution in [2.75, 3.05) is 51.3 Å². The summed E-state index contributed by atoms with van der Waals surface area (Å²) >= 11 is 0. The number of nitro benzene ring substituents is 1. The smallest absolute Gasteiger partial charge is 0.270 e. The average molecular weight is 417 g/mol. The maximum absolute atomic E-state index is 13.0. The third-order valence-electron chi connectivity index (χ3n) is 4.61. The van der Waals surface area contributed by atoms with Gasteiger partial charge in [-0.15, -0.1) is 0 Å². The molecule has 1 N–H and O–H groups in total. The molecule has 11 heteroatoms. The Hall–Kier alpha value is -3.31. The Morgan fingerprint density at radius 1 is 1.30 bits per heavy atom. The van der Waals surface area contributed by atoms with Crippen molar-refractivity contribution in [1.29, 1.82) is 0 Å². The maximum Gasteiger partial charge on any atom is 0.270 e. The number of hydrogen-bond acceptors (Lipinski definition) is 8. The van der Waals surface area contributed by atoms with E-state index in [4.69, 9.17) is 9.26 Å². The normalized spacial score (nSPS) is 14.3. The third-order valence-corrected chi connectivity index (χ3v) is 4.61. The largest absolute Gasteiger partial charge is 0.379 e. The molecule has 0 spiro atoms. The van der Waals surface area contributed by atoms with Crippen molar-refractivity contribution in [2.24, 2.45) is 0 Å². The third kappa shape index (κ3) is 5.84. The van der Waals surface area contributed by atoms with Crippen molar-refractivity contribution in [2.45, 2.75) is 6.92 Å². The molecule has 0 bridgehead atoms. The van der Waals surface area contributed by atoms with Gasteiger partial charge in [0, 0.05) is 49.9 Å². The van der Waals surface area contributed by atoms with Gasteiger partial charge in [0.1, 0.15) is 12.3 Å².